The predicted octanol–water partition coefficient (Wildman–Crippen LogP) is 3.89. The fourth-order valence-corrected chi connectivity index (χ4v) is 4.52. The van der Waals surface area contributed by atoms with E-state index >= 15 is 0 Å². The third-order valence-electron chi connectivity index (χ3n) is 4.56. The van der Waals surface area contributed by atoms with E-state index in [4.69, 9.17) is 0 Å². The number of H-pyrrole nitrogens is 1. The number of benzene rings is 2. The minimum atomic E-state index is -3.74. The molecule has 2 N–H and O–H groups in total. The number of aromatic nitrogens is 4. The topological polar surface area (TPSA) is 92.7 Å². The van der Waals surface area contributed by atoms with Gasteiger partial charge in [-0.2, -0.15) is 0 Å². The van der Waals surface area contributed by atoms with Crippen LogP contribution >= 0.6 is 0 Å². The second-order valence-electron chi connectivity index (χ2n) is 6.29. The highest BCUT2D eigenvalue weighted by Crippen LogP contribution is 2.27. The summed E-state index contributed by atoms with van der Waals surface area (Å²) in [6.07, 6.45) is 4.74. The van der Waals surface area contributed by atoms with Gasteiger partial charge in [0.05, 0.1) is 10.3 Å². The molecule has 0 saturated carbocycles. The Kier molecular flexibility index (Phi) is 3.66. The van der Waals surface area contributed by atoms with E-state index in [-0.39, 0.29) is 4.90 Å². The van der Waals surface area contributed by atoms with E-state index in [1.807, 2.05) is 30.5 Å². The first-order chi connectivity index (χ1) is 13.6. The van der Waals surface area contributed by atoms with Crippen molar-refractivity contribution in [1.29, 1.82) is 0 Å². The largest absolute Gasteiger partial charge is 0.361 e. The molecule has 0 aliphatic heterocycles. The second-order valence-corrected chi connectivity index (χ2v) is 8.11. The molecule has 0 atom stereocenters. The molecule has 138 valence electrons. The van der Waals surface area contributed by atoms with Crippen LogP contribution in [0.4, 0.5) is 11.5 Å². The zero-order valence-corrected chi connectivity index (χ0v) is 15.4. The smallest absolute Gasteiger partial charge is 0.269 e. The van der Waals surface area contributed by atoms with Crippen LogP contribution in [0.2, 0.25) is 0 Å². The summed E-state index contributed by atoms with van der Waals surface area (Å²) < 4.78 is 27.1. The van der Waals surface area contributed by atoms with Crippen LogP contribution in [0.1, 0.15) is 0 Å². The lowest BCUT2D eigenvalue weighted by atomic mass is 10.2. The van der Waals surface area contributed by atoms with Crippen molar-refractivity contribution in [3.05, 3.63) is 79.4 Å². The Bertz CT molecular complexity index is 1400. The molecule has 0 saturated heterocycles. The van der Waals surface area contributed by atoms with Crippen LogP contribution in [-0.4, -0.2) is 27.3 Å². The van der Waals surface area contributed by atoms with Crippen LogP contribution in [0.15, 0.2) is 84.3 Å². The number of fused-ring (bicyclic) bond motifs is 2. The lowest BCUT2D eigenvalue weighted by molar-refractivity contribution is 0.589. The summed E-state index contributed by atoms with van der Waals surface area (Å²) in [4.78, 5) is 11.9. The fourth-order valence-electron chi connectivity index (χ4n) is 3.20. The molecule has 5 rings (SSSR count). The molecular formula is C20H15N5O2S. The van der Waals surface area contributed by atoms with Gasteiger partial charge in [-0.05, 0) is 42.5 Å². The molecule has 0 spiro atoms. The standard InChI is InChI=1S/C20H15N5O2S/c26-28(27,16-4-2-1-3-5-16)25-11-9-17-19(22-13-23-20(17)25)24-15-6-7-18-14(12-15)8-10-21-18/h1-13,21H,(H,22,23,24). The normalized spacial score (nSPS) is 11.9. The zero-order chi connectivity index (χ0) is 19.1. The van der Waals surface area contributed by atoms with Crippen molar-refractivity contribution in [2.45, 2.75) is 4.90 Å². The number of nitrogens with zero attached hydrogens (tertiary/aromatic N) is 3. The van der Waals surface area contributed by atoms with Gasteiger partial charge in [-0.3, -0.25) is 0 Å². The van der Waals surface area contributed by atoms with Gasteiger partial charge < -0.3 is 10.3 Å². The SMILES string of the molecule is O=S(=O)(c1ccccc1)n1ccc2c(Nc3ccc4[nH]ccc4c3)ncnc21. The highest BCUT2D eigenvalue weighted by atomic mass is 32.2. The number of hydrogen-bond acceptors (Lipinski definition) is 5. The first-order valence-electron chi connectivity index (χ1n) is 8.60. The predicted molar refractivity (Wildman–Crippen MR) is 108 cm³/mol. The van der Waals surface area contributed by atoms with Crippen molar-refractivity contribution in [1.82, 2.24) is 18.9 Å². The third kappa shape index (κ3) is 2.62. The van der Waals surface area contributed by atoms with Crippen molar-refractivity contribution < 1.29 is 8.42 Å². The van der Waals surface area contributed by atoms with Gasteiger partial charge in [-0.1, -0.05) is 18.2 Å². The lowest BCUT2D eigenvalue weighted by Crippen LogP contribution is -2.12. The highest BCUT2D eigenvalue weighted by molar-refractivity contribution is 7.90. The molecule has 0 unspecified atom stereocenters. The Morgan fingerprint density at radius 3 is 2.68 bits per heavy atom. The van der Waals surface area contributed by atoms with Crippen LogP contribution in [0, 0.1) is 0 Å². The number of anilines is 2. The fraction of sp³-hybridized carbons (Fsp3) is 0. The molecule has 0 aliphatic rings. The Morgan fingerprint density at radius 2 is 1.82 bits per heavy atom. The van der Waals surface area contributed by atoms with Crippen molar-refractivity contribution >= 4 is 43.5 Å². The van der Waals surface area contributed by atoms with Gasteiger partial charge in [-0.15, -0.1) is 0 Å². The first kappa shape index (κ1) is 16.5. The Morgan fingerprint density at radius 1 is 0.964 bits per heavy atom. The molecule has 7 nitrogen and oxygen atoms in total. The summed E-state index contributed by atoms with van der Waals surface area (Å²) in [5.74, 6) is 0.543. The van der Waals surface area contributed by atoms with E-state index in [1.165, 1.54) is 16.5 Å². The van der Waals surface area contributed by atoms with E-state index in [1.54, 1.807) is 36.4 Å². The molecule has 8 heteroatoms. The third-order valence-corrected chi connectivity index (χ3v) is 6.24. The first-order valence-corrected chi connectivity index (χ1v) is 10.0. The van der Waals surface area contributed by atoms with Gasteiger partial charge >= 0.3 is 0 Å². The van der Waals surface area contributed by atoms with Gasteiger partial charge in [-0.25, -0.2) is 22.4 Å². The molecule has 0 fully saturated rings. The summed E-state index contributed by atoms with van der Waals surface area (Å²) in [7, 11) is -3.74. The average molecular weight is 389 g/mol. The molecular weight excluding hydrogens is 374 g/mol. The second kappa shape index (κ2) is 6.21. The molecule has 3 aromatic heterocycles. The van der Waals surface area contributed by atoms with Gasteiger partial charge in [0.2, 0.25) is 0 Å². The minimum absolute atomic E-state index is 0.207. The average Bonchev–Trinajstić information content (AvgIpc) is 3.36. The van der Waals surface area contributed by atoms with E-state index < -0.39 is 10.0 Å². The molecule has 0 amide bonds. The summed E-state index contributed by atoms with van der Waals surface area (Å²) in [6.45, 7) is 0. The zero-order valence-electron chi connectivity index (χ0n) is 14.6. The summed E-state index contributed by atoms with van der Waals surface area (Å²) in [5, 5.41) is 4.95. The van der Waals surface area contributed by atoms with Crippen LogP contribution in [0.3, 0.4) is 0 Å². The van der Waals surface area contributed by atoms with Gasteiger partial charge in [0.15, 0.2) is 5.65 Å². The van der Waals surface area contributed by atoms with E-state index in [2.05, 4.69) is 20.3 Å². The maximum Gasteiger partial charge on any atom is 0.269 e. The molecule has 28 heavy (non-hydrogen) atoms. The number of hydrogen-bond donors (Lipinski definition) is 2. The van der Waals surface area contributed by atoms with Gasteiger partial charge in [0.25, 0.3) is 10.0 Å². The Labute approximate surface area is 160 Å². The molecule has 0 bridgehead atoms. The quantitative estimate of drug-likeness (QED) is 0.486. The van der Waals surface area contributed by atoms with Crippen molar-refractivity contribution in [3.63, 3.8) is 0 Å². The number of nitrogens with one attached hydrogen (secondary N) is 2. The minimum Gasteiger partial charge on any atom is -0.361 e. The van der Waals surface area contributed by atoms with Crippen LogP contribution in [0.25, 0.3) is 21.9 Å². The molecule has 0 aliphatic carbocycles. The highest BCUT2D eigenvalue weighted by Gasteiger charge is 2.20. The van der Waals surface area contributed by atoms with Gasteiger partial charge in [0, 0.05) is 29.0 Å². The molecule has 3 heterocycles. The van der Waals surface area contributed by atoms with Crippen molar-refractivity contribution in [3.8, 4) is 0 Å². The lowest BCUT2D eigenvalue weighted by Gasteiger charge is -2.09. The van der Waals surface area contributed by atoms with E-state index in [0.717, 1.165) is 16.6 Å². The van der Waals surface area contributed by atoms with Crippen molar-refractivity contribution in [2.24, 2.45) is 0 Å². The summed E-state index contributed by atoms with van der Waals surface area (Å²) >= 11 is 0. The Balaban J connectivity index is 1.59. The van der Waals surface area contributed by atoms with E-state index in [9.17, 15) is 8.42 Å². The molecule has 5 aromatic rings. The molecule has 0 radical (unpaired) electrons. The van der Waals surface area contributed by atoms with E-state index in [0.29, 0.717) is 16.9 Å². The van der Waals surface area contributed by atoms with Gasteiger partial charge in [0.1, 0.15) is 12.1 Å². The maximum atomic E-state index is 13.0. The molecule has 2 aromatic carbocycles. The maximum absolute atomic E-state index is 13.0. The summed E-state index contributed by atoms with van der Waals surface area (Å²) in [6, 6.07) is 17.9. The number of rotatable bonds is 4. The van der Waals surface area contributed by atoms with Crippen molar-refractivity contribution in [2.75, 3.05) is 5.32 Å². The summed E-state index contributed by atoms with van der Waals surface area (Å²) in [5.41, 5.74) is 2.22. The van der Waals surface area contributed by atoms with Crippen LogP contribution in [-0.2, 0) is 10.0 Å². The van der Waals surface area contributed by atoms with Crippen LogP contribution < -0.4 is 5.32 Å². The van der Waals surface area contributed by atoms with Crippen LogP contribution in [0.5, 0.6) is 0 Å². The monoisotopic (exact) mass is 389 g/mol. The number of aromatic amines is 1. The Hall–Kier alpha value is -3.65.